The van der Waals surface area contributed by atoms with Crippen LogP contribution < -0.4 is 17.2 Å². The number of nitrogens with two attached hydrogens (primary N) is 3. The van der Waals surface area contributed by atoms with Gasteiger partial charge in [0.25, 0.3) is 0 Å². The van der Waals surface area contributed by atoms with E-state index in [0.717, 1.165) is 38.5 Å². The Balaban J connectivity index is 4.17. The molecule has 40 heavy (non-hydrogen) atoms. The molecule has 0 heterocycles. The van der Waals surface area contributed by atoms with Crippen LogP contribution in [-0.2, 0) is 33.4 Å². The second kappa shape index (κ2) is 26.5. The van der Waals surface area contributed by atoms with Crippen LogP contribution in [0.1, 0.15) is 110 Å². The summed E-state index contributed by atoms with van der Waals surface area (Å²) in [6, 6.07) is -1.04. The first kappa shape index (κ1) is 37.3. The fourth-order valence-corrected chi connectivity index (χ4v) is 3.64. The van der Waals surface area contributed by atoms with E-state index in [-0.39, 0.29) is 38.9 Å². The molecule has 6 N–H and O–H groups in total. The maximum absolute atomic E-state index is 12.2. The Bertz CT molecular complexity index is 756. The number of rotatable bonds is 26. The highest BCUT2D eigenvalue weighted by molar-refractivity contribution is 5.78. The zero-order valence-electron chi connectivity index (χ0n) is 24.5. The number of ether oxygens (including phenoxy) is 3. The first-order valence-electron chi connectivity index (χ1n) is 14.9. The van der Waals surface area contributed by atoms with E-state index >= 15 is 0 Å². The molecule has 0 saturated heterocycles. The molecule has 0 aliphatic carbocycles. The Labute approximate surface area is 240 Å². The van der Waals surface area contributed by atoms with Crippen LogP contribution in [-0.4, -0.2) is 55.7 Å². The highest BCUT2D eigenvalue weighted by Crippen LogP contribution is 2.10. The number of primary amides is 1. The van der Waals surface area contributed by atoms with Gasteiger partial charge in [0.1, 0.15) is 19.3 Å². The van der Waals surface area contributed by atoms with Crippen LogP contribution in [0.15, 0.2) is 24.3 Å². The van der Waals surface area contributed by atoms with E-state index in [1.165, 1.54) is 25.7 Å². The number of carbonyl (C=O) groups excluding carboxylic acids is 4. The van der Waals surface area contributed by atoms with E-state index in [9.17, 15) is 19.2 Å². The van der Waals surface area contributed by atoms with E-state index < -0.39 is 36.0 Å². The molecule has 0 aliphatic rings. The minimum Gasteiger partial charge on any atom is -0.462 e. The molecule has 0 saturated carbocycles. The first-order chi connectivity index (χ1) is 19.3. The second-order valence-electron chi connectivity index (χ2n) is 9.91. The molecule has 10 nitrogen and oxygen atoms in total. The van der Waals surface area contributed by atoms with Gasteiger partial charge < -0.3 is 31.4 Å². The SMILES string of the molecule is CCCCC/C=C\C/C=C\CCCCCCCC(=O)OCC(COC(=O)C(N)CCC(N)=O)OC(=O)CCCN. The quantitative estimate of drug-likeness (QED) is 0.0601. The van der Waals surface area contributed by atoms with Gasteiger partial charge in [-0.2, -0.15) is 0 Å². The molecule has 0 aromatic carbocycles. The van der Waals surface area contributed by atoms with Crippen molar-refractivity contribution in [3.8, 4) is 0 Å². The Morgan fingerprint density at radius 1 is 0.725 bits per heavy atom. The largest absolute Gasteiger partial charge is 0.462 e. The van der Waals surface area contributed by atoms with Gasteiger partial charge in [0.05, 0.1) is 0 Å². The molecule has 10 heteroatoms. The minimum atomic E-state index is -1.04. The summed E-state index contributed by atoms with van der Waals surface area (Å²) in [7, 11) is 0. The summed E-state index contributed by atoms with van der Waals surface area (Å²) in [5, 5.41) is 0. The van der Waals surface area contributed by atoms with E-state index in [1.807, 2.05) is 0 Å². The van der Waals surface area contributed by atoms with Crippen molar-refractivity contribution in [3.63, 3.8) is 0 Å². The Morgan fingerprint density at radius 3 is 1.98 bits per heavy atom. The van der Waals surface area contributed by atoms with Gasteiger partial charge in [0.15, 0.2) is 6.10 Å². The van der Waals surface area contributed by atoms with Crippen LogP contribution in [0, 0.1) is 0 Å². The van der Waals surface area contributed by atoms with E-state index in [2.05, 4.69) is 31.2 Å². The van der Waals surface area contributed by atoms with Gasteiger partial charge in [-0.25, -0.2) is 0 Å². The van der Waals surface area contributed by atoms with Crippen molar-refractivity contribution in [1.29, 1.82) is 0 Å². The molecule has 0 aromatic rings. The fourth-order valence-electron chi connectivity index (χ4n) is 3.64. The predicted octanol–water partition coefficient (Wildman–Crippen LogP) is 4.13. The third-order valence-electron chi connectivity index (χ3n) is 6.06. The smallest absolute Gasteiger partial charge is 0.323 e. The Hall–Kier alpha value is -2.72. The number of carbonyl (C=O) groups is 4. The lowest BCUT2D eigenvalue weighted by Gasteiger charge is -2.19. The van der Waals surface area contributed by atoms with Crippen LogP contribution in [0.4, 0.5) is 0 Å². The van der Waals surface area contributed by atoms with Crippen molar-refractivity contribution in [3.05, 3.63) is 24.3 Å². The lowest BCUT2D eigenvalue weighted by molar-refractivity contribution is -0.167. The van der Waals surface area contributed by atoms with Crippen LogP contribution in [0.3, 0.4) is 0 Å². The minimum absolute atomic E-state index is 0.0393. The monoisotopic (exact) mass is 567 g/mol. The molecule has 2 unspecified atom stereocenters. The van der Waals surface area contributed by atoms with E-state index in [4.69, 9.17) is 31.4 Å². The standard InChI is InChI=1S/C30H53N3O7/c1-2-3-4-5-6-7-8-9-10-11-12-13-14-15-16-18-28(35)38-23-25(40-29(36)19-17-22-31)24-39-30(37)26(32)20-21-27(33)34/h6-7,9-10,25-26H,2-5,8,11-24,31-32H2,1H3,(H2,33,34)/b7-6-,10-9-. The van der Waals surface area contributed by atoms with Gasteiger partial charge >= 0.3 is 17.9 Å². The van der Waals surface area contributed by atoms with Crippen molar-refractivity contribution < 1.29 is 33.4 Å². The zero-order valence-corrected chi connectivity index (χ0v) is 24.5. The van der Waals surface area contributed by atoms with Gasteiger partial charge in [-0.15, -0.1) is 0 Å². The Morgan fingerprint density at radius 2 is 1.32 bits per heavy atom. The van der Waals surface area contributed by atoms with Crippen molar-refractivity contribution in [2.24, 2.45) is 17.2 Å². The predicted molar refractivity (Wildman–Crippen MR) is 156 cm³/mol. The summed E-state index contributed by atoms with van der Waals surface area (Å²) < 4.78 is 15.7. The third-order valence-corrected chi connectivity index (χ3v) is 6.06. The maximum Gasteiger partial charge on any atom is 0.323 e. The molecule has 230 valence electrons. The van der Waals surface area contributed by atoms with Crippen LogP contribution in [0.5, 0.6) is 0 Å². The summed E-state index contributed by atoms with van der Waals surface area (Å²) in [6.07, 6.45) is 20.7. The number of esters is 3. The summed E-state index contributed by atoms with van der Waals surface area (Å²) in [6.45, 7) is 1.98. The van der Waals surface area contributed by atoms with Crippen LogP contribution in [0.25, 0.3) is 0 Å². The molecule has 0 radical (unpaired) electrons. The van der Waals surface area contributed by atoms with Gasteiger partial charge in [0.2, 0.25) is 5.91 Å². The number of allylic oxidation sites excluding steroid dienone is 4. The van der Waals surface area contributed by atoms with Crippen LogP contribution >= 0.6 is 0 Å². The second-order valence-corrected chi connectivity index (χ2v) is 9.91. The first-order valence-corrected chi connectivity index (χ1v) is 14.9. The number of unbranched alkanes of at least 4 members (excludes halogenated alkanes) is 8. The Kier molecular flexibility index (Phi) is 24.7. The lowest BCUT2D eigenvalue weighted by Crippen LogP contribution is -2.37. The molecule has 2 atom stereocenters. The summed E-state index contributed by atoms with van der Waals surface area (Å²) in [5.74, 6) is -2.28. The van der Waals surface area contributed by atoms with Gasteiger partial charge in [0, 0.05) is 19.3 Å². The molecule has 0 rings (SSSR count). The number of hydrogen-bond donors (Lipinski definition) is 3. The molecule has 0 aliphatic heterocycles. The molecule has 0 bridgehead atoms. The summed E-state index contributed by atoms with van der Waals surface area (Å²) in [4.78, 5) is 47.1. The highest BCUT2D eigenvalue weighted by Gasteiger charge is 2.22. The summed E-state index contributed by atoms with van der Waals surface area (Å²) >= 11 is 0. The number of amides is 1. The van der Waals surface area contributed by atoms with Crippen molar-refractivity contribution in [2.45, 2.75) is 122 Å². The number of hydrogen-bond acceptors (Lipinski definition) is 9. The van der Waals surface area contributed by atoms with Crippen LogP contribution in [0.2, 0.25) is 0 Å². The molecule has 0 spiro atoms. The van der Waals surface area contributed by atoms with E-state index in [0.29, 0.717) is 19.4 Å². The molecule has 1 amide bonds. The van der Waals surface area contributed by atoms with Crippen molar-refractivity contribution in [1.82, 2.24) is 0 Å². The van der Waals surface area contributed by atoms with Gasteiger partial charge in [-0.05, 0) is 57.9 Å². The average Bonchev–Trinajstić information content (AvgIpc) is 2.93. The fraction of sp³-hybridized carbons (Fsp3) is 0.733. The molecule has 0 fully saturated rings. The third kappa shape index (κ3) is 24.3. The summed E-state index contributed by atoms with van der Waals surface area (Å²) in [5.41, 5.74) is 16.2. The van der Waals surface area contributed by atoms with Crippen molar-refractivity contribution >= 4 is 23.8 Å². The lowest BCUT2D eigenvalue weighted by atomic mass is 10.1. The zero-order chi connectivity index (χ0) is 29.8. The highest BCUT2D eigenvalue weighted by atomic mass is 16.6. The average molecular weight is 568 g/mol. The topological polar surface area (TPSA) is 174 Å². The van der Waals surface area contributed by atoms with E-state index in [1.54, 1.807) is 0 Å². The normalized spacial score (nSPS) is 12.9. The van der Waals surface area contributed by atoms with Crippen molar-refractivity contribution in [2.75, 3.05) is 19.8 Å². The molecular formula is C30H53N3O7. The molecular weight excluding hydrogens is 514 g/mol. The van der Waals surface area contributed by atoms with Gasteiger partial charge in [-0.1, -0.05) is 63.3 Å². The maximum atomic E-state index is 12.2. The van der Waals surface area contributed by atoms with Gasteiger partial charge in [-0.3, -0.25) is 19.2 Å². The molecule has 0 aromatic heterocycles.